The molecule has 0 aromatic heterocycles. The second kappa shape index (κ2) is 7.01. The van der Waals surface area contributed by atoms with Crippen molar-refractivity contribution < 1.29 is 18.7 Å². The third kappa shape index (κ3) is 2.73. The van der Waals surface area contributed by atoms with E-state index in [1.54, 1.807) is 6.92 Å². The first-order valence-corrected chi connectivity index (χ1v) is 12.8. The fraction of sp³-hybridized carbons (Fsp3) is 0.567. The van der Waals surface area contributed by atoms with E-state index in [4.69, 9.17) is 9.47 Å². The predicted octanol–water partition coefficient (Wildman–Crippen LogP) is 6.81. The van der Waals surface area contributed by atoms with Crippen LogP contribution in [-0.2, 0) is 14.3 Å². The summed E-state index contributed by atoms with van der Waals surface area (Å²) in [6.45, 7) is 9.90. The molecule has 4 heteroatoms. The molecule has 0 amide bonds. The highest BCUT2D eigenvalue weighted by molar-refractivity contribution is 5.88. The van der Waals surface area contributed by atoms with Crippen molar-refractivity contribution in [3.05, 3.63) is 65.5 Å². The summed E-state index contributed by atoms with van der Waals surface area (Å²) in [6, 6.07) is 10.2. The molecule has 180 valence electrons. The SMILES string of the molecule is CC(=O)[C@@]12OC(C)(C)O[C@H]1C[C@H]1[C@@H]3C=C(F)C4=CC(c5ccccc5)=CC[C@]4(C)[C@H]3CC[C@@]12C. The van der Waals surface area contributed by atoms with E-state index in [1.165, 1.54) is 0 Å². The van der Waals surface area contributed by atoms with Crippen LogP contribution in [0.3, 0.4) is 0 Å². The highest BCUT2D eigenvalue weighted by Crippen LogP contribution is 2.70. The van der Waals surface area contributed by atoms with Gasteiger partial charge in [0.15, 0.2) is 17.2 Å². The zero-order chi connectivity index (χ0) is 24.1. The van der Waals surface area contributed by atoms with Gasteiger partial charge in [0, 0.05) is 10.8 Å². The van der Waals surface area contributed by atoms with E-state index in [-0.39, 0.29) is 40.4 Å². The lowest BCUT2D eigenvalue weighted by molar-refractivity contribution is -0.210. The molecule has 3 nitrogen and oxygen atoms in total. The van der Waals surface area contributed by atoms with E-state index in [1.807, 2.05) is 38.1 Å². The molecular formula is C30H35FO3. The number of rotatable bonds is 2. The maximum Gasteiger partial charge on any atom is 0.164 e. The summed E-state index contributed by atoms with van der Waals surface area (Å²) < 4.78 is 28.7. The summed E-state index contributed by atoms with van der Waals surface area (Å²) in [5.74, 6) is -0.263. The number of ketones is 1. The fourth-order valence-corrected chi connectivity index (χ4v) is 8.52. The molecule has 2 saturated carbocycles. The number of carbonyl (C=O) groups excluding carboxylic acids is 1. The number of ether oxygens (including phenoxy) is 2. The Kier molecular flexibility index (Phi) is 4.62. The number of carbonyl (C=O) groups is 1. The fourth-order valence-electron chi connectivity index (χ4n) is 8.52. The molecule has 0 radical (unpaired) electrons. The molecule has 1 heterocycles. The maximum absolute atomic E-state index is 15.9. The lowest BCUT2D eigenvalue weighted by atomic mass is 9.48. The van der Waals surface area contributed by atoms with Gasteiger partial charge in [0.1, 0.15) is 5.83 Å². The maximum atomic E-state index is 15.9. The monoisotopic (exact) mass is 462 g/mol. The van der Waals surface area contributed by atoms with Crippen LogP contribution in [0.5, 0.6) is 0 Å². The van der Waals surface area contributed by atoms with Gasteiger partial charge in [0.05, 0.1) is 6.10 Å². The van der Waals surface area contributed by atoms with Crippen molar-refractivity contribution in [2.75, 3.05) is 0 Å². The van der Waals surface area contributed by atoms with E-state index in [0.717, 1.165) is 42.4 Å². The molecule has 0 unspecified atom stereocenters. The summed E-state index contributed by atoms with van der Waals surface area (Å²) in [5.41, 5.74) is 1.52. The van der Waals surface area contributed by atoms with Crippen molar-refractivity contribution in [3.63, 3.8) is 0 Å². The van der Waals surface area contributed by atoms with Gasteiger partial charge >= 0.3 is 0 Å². The number of hydrogen-bond acceptors (Lipinski definition) is 3. The van der Waals surface area contributed by atoms with Crippen LogP contribution in [0.25, 0.3) is 5.57 Å². The summed E-state index contributed by atoms with van der Waals surface area (Å²) >= 11 is 0. The van der Waals surface area contributed by atoms with Gasteiger partial charge in [-0.15, -0.1) is 0 Å². The minimum absolute atomic E-state index is 0.0479. The number of hydrogen-bond donors (Lipinski definition) is 0. The average Bonchev–Trinajstić information content (AvgIpc) is 3.20. The minimum Gasteiger partial charge on any atom is -0.344 e. The van der Waals surface area contributed by atoms with Crippen LogP contribution in [0.2, 0.25) is 0 Å². The third-order valence-electron chi connectivity index (χ3n) is 10.0. The van der Waals surface area contributed by atoms with E-state index in [2.05, 4.69) is 38.1 Å². The summed E-state index contributed by atoms with van der Waals surface area (Å²) in [5, 5.41) is 0. The predicted molar refractivity (Wildman–Crippen MR) is 130 cm³/mol. The van der Waals surface area contributed by atoms with Gasteiger partial charge in [-0.2, -0.15) is 0 Å². The van der Waals surface area contributed by atoms with Crippen molar-refractivity contribution in [2.24, 2.45) is 28.6 Å². The van der Waals surface area contributed by atoms with Gasteiger partial charge in [0.25, 0.3) is 0 Å². The van der Waals surface area contributed by atoms with Crippen LogP contribution in [0.4, 0.5) is 4.39 Å². The van der Waals surface area contributed by atoms with Crippen LogP contribution < -0.4 is 0 Å². The molecule has 0 spiro atoms. The molecular weight excluding hydrogens is 427 g/mol. The highest BCUT2D eigenvalue weighted by atomic mass is 19.1. The number of fused-ring (bicyclic) bond motifs is 7. The van der Waals surface area contributed by atoms with E-state index >= 15 is 4.39 Å². The van der Waals surface area contributed by atoms with Crippen molar-refractivity contribution in [2.45, 2.75) is 77.8 Å². The minimum atomic E-state index is -0.944. The van der Waals surface area contributed by atoms with Gasteiger partial charge < -0.3 is 9.47 Å². The van der Waals surface area contributed by atoms with Gasteiger partial charge in [-0.3, -0.25) is 4.79 Å². The first kappa shape index (κ1) is 22.4. The van der Waals surface area contributed by atoms with Gasteiger partial charge in [-0.05, 0) is 93.1 Å². The molecule has 4 aliphatic carbocycles. The summed E-state index contributed by atoms with van der Waals surface area (Å²) in [6.07, 6.45) is 9.39. The Balaban J connectivity index is 1.41. The Morgan fingerprint density at radius 3 is 2.53 bits per heavy atom. The molecule has 0 N–H and O–H groups in total. The van der Waals surface area contributed by atoms with Crippen molar-refractivity contribution in [1.82, 2.24) is 0 Å². The normalized spacial score (nSPS) is 44.1. The second-order valence-corrected chi connectivity index (χ2v) is 12.1. The van der Waals surface area contributed by atoms with Crippen LogP contribution in [0.15, 0.2) is 60.0 Å². The average molecular weight is 463 g/mol. The summed E-state index contributed by atoms with van der Waals surface area (Å²) in [7, 11) is 0. The third-order valence-corrected chi connectivity index (χ3v) is 10.0. The van der Waals surface area contributed by atoms with Crippen molar-refractivity contribution in [3.8, 4) is 0 Å². The summed E-state index contributed by atoms with van der Waals surface area (Å²) in [4.78, 5) is 13.2. The Morgan fingerprint density at radius 2 is 1.82 bits per heavy atom. The first-order valence-electron chi connectivity index (χ1n) is 12.8. The Hall–Kier alpha value is -2.04. The van der Waals surface area contributed by atoms with Crippen LogP contribution >= 0.6 is 0 Å². The largest absolute Gasteiger partial charge is 0.344 e. The molecule has 34 heavy (non-hydrogen) atoms. The lowest BCUT2D eigenvalue weighted by Gasteiger charge is -2.57. The highest BCUT2D eigenvalue weighted by Gasteiger charge is 2.75. The molecule has 5 aliphatic rings. The zero-order valence-corrected chi connectivity index (χ0v) is 20.9. The zero-order valence-electron chi connectivity index (χ0n) is 20.9. The second-order valence-electron chi connectivity index (χ2n) is 12.1. The van der Waals surface area contributed by atoms with E-state index in [9.17, 15) is 4.79 Å². The smallest absolute Gasteiger partial charge is 0.164 e. The Labute approximate surface area is 202 Å². The van der Waals surface area contributed by atoms with Gasteiger partial charge in [0.2, 0.25) is 0 Å². The standard InChI is InChI=1S/C30H35FO3/c1-18(32)30-26(33-27(2,3)34-30)17-23-21-16-25(31)24-15-20(19-9-7-6-8-10-19)11-13-28(24,4)22(21)12-14-29(23,30)5/h6-11,15-16,21-23,26H,12-14,17H2,1-5H3/t21-,22+,23+,26+,28-,29+,30-/m1/s1. The molecule has 3 fully saturated rings. The van der Waals surface area contributed by atoms with Crippen LogP contribution in [0.1, 0.15) is 65.9 Å². The topological polar surface area (TPSA) is 35.5 Å². The van der Waals surface area contributed by atoms with Gasteiger partial charge in [-0.25, -0.2) is 4.39 Å². The van der Waals surface area contributed by atoms with Crippen LogP contribution in [0, 0.1) is 28.6 Å². The van der Waals surface area contributed by atoms with Crippen LogP contribution in [-0.4, -0.2) is 23.3 Å². The number of halogens is 1. The Morgan fingerprint density at radius 1 is 1.09 bits per heavy atom. The molecule has 1 aromatic carbocycles. The molecule has 1 aliphatic heterocycles. The van der Waals surface area contributed by atoms with Gasteiger partial charge in [-0.1, -0.05) is 50.3 Å². The first-order chi connectivity index (χ1) is 16.0. The van der Waals surface area contributed by atoms with E-state index in [0.29, 0.717) is 5.92 Å². The van der Waals surface area contributed by atoms with Crippen molar-refractivity contribution >= 4 is 11.4 Å². The lowest BCUT2D eigenvalue weighted by Crippen LogP contribution is -2.59. The number of allylic oxidation sites excluding steroid dienone is 6. The molecule has 0 bridgehead atoms. The quantitative estimate of drug-likeness (QED) is 0.485. The molecule has 6 rings (SSSR count). The number of benzene rings is 1. The number of Topliss-reactive ketones (excluding diaryl/α,β-unsaturated/α-hetero) is 1. The molecule has 1 aromatic rings. The van der Waals surface area contributed by atoms with E-state index < -0.39 is 11.4 Å². The van der Waals surface area contributed by atoms with Crippen molar-refractivity contribution in [1.29, 1.82) is 0 Å². The Bertz CT molecular complexity index is 1150. The molecule has 1 saturated heterocycles. The molecule has 7 atom stereocenters.